The topological polar surface area (TPSA) is 0 Å². The highest BCUT2D eigenvalue weighted by molar-refractivity contribution is 5.55. The fourth-order valence-electron chi connectivity index (χ4n) is 3.32. The van der Waals surface area contributed by atoms with Gasteiger partial charge < -0.3 is 0 Å². The standard InChI is InChI=1S/C15H22.C10H16.C3H6/c1-7-10-14(9-3)13(6)15(11-8-2)12(4)5;1-3-6-9(2)10-7-4-5-8-10;1-3-2/h7-11H,6H2,1-5H3;1,9-10H,4-8H2,2H3;3H,1H2,2H3/b10-7-,11-8-,14-9+;;. The molecular weight excluding hydrogens is 336 g/mol. The molecule has 0 N–H and O–H groups in total. The molecule has 1 unspecified atom stereocenters. The van der Waals surface area contributed by atoms with Gasteiger partial charge in [-0.15, -0.1) is 18.9 Å². The second kappa shape index (κ2) is 18.4. The lowest BCUT2D eigenvalue weighted by Gasteiger charge is -2.15. The van der Waals surface area contributed by atoms with Gasteiger partial charge in [0.2, 0.25) is 0 Å². The van der Waals surface area contributed by atoms with E-state index < -0.39 is 0 Å². The van der Waals surface area contributed by atoms with Gasteiger partial charge in [-0.1, -0.05) is 81.2 Å². The fourth-order valence-corrected chi connectivity index (χ4v) is 3.32. The molecule has 156 valence electrons. The lowest BCUT2D eigenvalue weighted by Crippen LogP contribution is -2.05. The normalized spacial score (nSPS) is 15.1. The number of allylic oxidation sites excluding steroid dienone is 10. The quantitative estimate of drug-likeness (QED) is 0.245. The smallest absolute Gasteiger partial charge is 0.0114 e. The maximum atomic E-state index is 5.25. The molecule has 1 rings (SSSR count). The minimum absolute atomic E-state index is 0.771. The Morgan fingerprint density at radius 2 is 1.57 bits per heavy atom. The van der Waals surface area contributed by atoms with Crippen LogP contribution >= 0.6 is 0 Å². The van der Waals surface area contributed by atoms with Crippen LogP contribution in [0, 0.1) is 24.2 Å². The highest BCUT2D eigenvalue weighted by atomic mass is 14.2. The zero-order chi connectivity index (χ0) is 21.9. The summed E-state index contributed by atoms with van der Waals surface area (Å²) in [6.45, 7) is 22.0. The van der Waals surface area contributed by atoms with Crippen LogP contribution in [-0.2, 0) is 0 Å². The molecule has 0 bridgehead atoms. The van der Waals surface area contributed by atoms with Crippen LogP contribution in [-0.4, -0.2) is 0 Å². The van der Waals surface area contributed by atoms with E-state index >= 15 is 0 Å². The number of terminal acetylenes is 1. The van der Waals surface area contributed by atoms with E-state index in [1.165, 1.54) is 42.4 Å². The maximum Gasteiger partial charge on any atom is 0.0114 e. The van der Waals surface area contributed by atoms with Gasteiger partial charge in [0.25, 0.3) is 0 Å². The van der Waals surface area contributed by atoms with Crippen LogP contribution in [0.15, 0.2) is 71.9 Å². The molecule has 28 heavy (non-hydrogen) atoms. The second-order valence-electron chi connectivity index (χ2n) is 7.47. The molecule has 0 aromatic rings. The molecular formula is C28H44. The van der Waals surface area contributed by atoms with E-state index in [0.717, 1.165) is 23.8 Å². The third-order valence-electron chi connectivity index (χ3n) is 4.85. The summed E-state index contributed by atoms with van der Waals surface area (Å²) in [6.07, 6.45) is 24.1. The molecule has 1 saturated carbocycles. The fraction of sp³-hybridized carbons (Fsp3) is 0.500. The summed E-state index contributed by atoms with van der Waals surface area (Å²) in [7, 11) is 0. The van der Waals surface area contributed by atoms with Gasteiger partial charge in [-0.3, -0.25) is 0 Å². The van der Waals surface area contributed by atoms with Gasteiger partial charge >= 0.3 is 0 Å². The van der Waals surface area contributed by atoms with Gasteiger partial charge in [0.1, 0.15) is 0 Å². The Labute approximate surface area is 176 Å². The van der Waals surface area contributed by atoms with Gasteiger partial charge in [0.05, 0.1) is 0 Å². The van der Waals surface area contributed by atoms with E-state index in [9.17, 15) is 0 Å². The summed E-state index contributed by atoms with van der Waals surface area (Å²) in [5.74, 6) is 4.46. The van der Waals surface area contributed by atoms with Crippen molar-refractivity contribution in [3.63, 3.8) is 0 Å². The molecule has 1 aliphatic carbocycles. The molecule has 0 aromatic carbocycles. The van der Waals surface area contributed by atoms with Crippen LogP contribution in [0.4, 0.5) is 0 Å². The van der Waals surface area contributed by atoms with Gasteiger partial charge in [-0.25, -0.2) is 0 Å². The Balaban J connectivity index is 0. The summed E-state index contributed by atoms with van der Waals surface area (Å²) >= 11 is 0. The average Bonchev–Trinajstić information content (AvgIpc) is 3.19. The zero-order valence-corrected chi connectivity index (χ0v) is 19.6. The van der Waals surface area contributed by atoms with Crippen LogP contribution in [0.1, 0.15) is 80.6 Å². The third kappa shape index (κ3) is 12.4. The van der Waals surface area contributed by atoms with Crippen molar-refractivity contribution in [3.05, 3.63) is 71.9 Å². The predicted molar refractivity (Wildman–Crippen MR) is 131 cm³/mol. The molecule has 0 spiro atoms. The first-order chi connectivity index (χ1) is 13.3. The van der Waals surface area contributed by atoms with Crippen LogP contribution in [0.2, 0.25) is 0 Å². The minimum atomic E-state index is 0.771. The Kier molecular flexibility index (Phi) is 18.5. The van der Waals surface area contributed by atoms with Crippen molar-refractivity contribution in [2.75, 3.05) is 0 Å². The Morgan fingerprint density at radius 1 is 1.07 bits per heavy atom. The maximum absolute atomic E-state index is 5.25. The van der Waals surface area contributed by atoms with Gasteiger partial charge in [0, 0.05) is 6.42 Å². The number of hydrogen-bond donors (Lipinski definition) is 0. The van der Waals surface area contributed by atoms with E-state index in [1.807, 2.05) is 33.8 Å². The van der Waals surface area contributed by atoms with Crippen molar-refractivity contribution in [3.8, 4) is 12.3 Å². The summed E-state index contributed by atoms with van der Waals surface area (Å²) in [4.78, 5) is 0. The van der Waals surface area contributed by atoms with Gasteiger partial charge in [-0.05, 0) is 70.1 Å². The SMILES string of the molecule is C#CCC(C)C1CCCC1.C=C(C(/C=C\C)=C(C)C)C(/C=C\C)=C/C.C=CC. The van der Waals surface area contributed by atoms with E-state index in [-0.39, 0.29) is 0 Å². The van der Waals surface area contributed by atoms with Gasteiger partial charge in [-0.2, -0.15) is 0 Å². The van der Waals surface area contributed by atoms with Crippen molar-refractivity contribution in [1.29, 1.82) is 0 Å². The second-order valence-corrected chi connectivity index (χ2v) is 7.47. The van der Waals surface area contributed by atoms with Crippen molar-refractivity contribution < 1.29 is 0 Å². The third-order valence-corrected chi connectivity index (χ3v) is 4.85. The summed E-state index contributed by atoms with van der Waals surface area (Å²) < 4.78 is 0. The summed E-state index contributed by atoms with van der Waals surface area (Å²) in [5.41, 5.74) is 4.80. The molecule has 0 nitrogen and oxygen atoms in total. The molecule has 0 amide bonds. The van der Waals surface area contributed by atoms with Crippen molar-refractivity contribution in [1.82, 2.24) is 0 Å². The Morgan fingerprint density at radius 3 is 1.93 bits per heavy atom. The van der Waals surface area contributed by atoms with Gasteiger partial charge in [0.15, 0.2) is 0 Å². The monoisotopic (exact) mass is 380 g/mol. The van der Waals surface area contributed by atoms with Crippen molar-refractivity contribution in [2.45, 2.75) is 80.6 Å². The van der Waals surface area contributed by atoms with Crippen LogP contribution in [0.25, 0.3) is 0 Å². The Hall–Kier alpha value is -2.00. The molecule has 0 aromatic heterocycles. The minimum Gasteiger partial charge on any atom is -0.120 e. The lowest BCUT2D eigenvalue weighted by atomic mass is 9.90. The van der Waals surface area contributed by atoms with Crippen LogP contribution in [0.5, 0.6) is 0 Å². The Bertz CT molecular complexity index is 588. The zero-order valence-electron chi connectivity index (χ0n) is 19.6. The lowest BCUT2D eigenvalue weighted by molar-refractivity contribution is 0.374. The molecule has 0 saturated heterocycles. The summed E-state index contributed by atoms with van der Waals surface area (Å²) in [5, 5.41) is 0. The first kappa shape index (κ1) is 28.2. The molecule has 1 aliphatic rings. The van der Waals surface area contributed by atoms with E-state index in [1.54, 1.807) is 6.08 Å². The van der Waals surface area contributed by atoms with Crippen molar-refractivity contribution >= 4 is 0 Å². The van der Waals surface area contributed by atoms with Crippen LogP contribution in [0.3, 0.4) is 0 Å². The molecule has 1 atom stereocenters. The van der Waals surface area contributed by atoms with Crippen LogP contribution < -0.4 is 0 Å². The molecule has 0 heteroatoms. The molecule has 0 heterocycles. The summed E-state index contributed by atoms with van der Waals surface area (Å²) in [6, 6.07) is 0. The molecule has 1 fully saturated rings. The largest absolute Gasteiger partial charge is 0.120 e. The van der Waals surface area contributed by atoms with E-state index in [2.05, 4.69) is 64.2 Å². The first-order valence-corrected chi connectivity index (χ1v) is 10.6. The average molecular weight is 381 g/mol. The highest BCUT2D eigenvalue weighted by Gasteiger charge is 2.20. The van der Waals surface area contributed by atoms with E-state index in [4.69, 9.17) is 6.42 Å². The number of hydrogen-bond acceptors (Lipinski definition) is 0. The predicted octanol–water partition coefficient (Wildman–Crippen LogP) is 9.01. The molecule has 0 radical (unpaired) electrons. The van der Waals surface area contributed by atoms with E-state index in [0.29, 0.717) is 0 Å². The van der Waals surface area contributed by atoms with Crippen molar-refractivity contribution in [2.24, 2.45) is 11.8 Å². The highest BCUT2D eigenvalue weighted by Crippen LogP contribution is 2.32. The first-order valence-electron chi connectivity index (χ1n) is 10.6. The number of rotatable bonds is 6. The molecule has 0 aliphatic heterocycles.